The smallest absolute Gasteiger partial charge is 0.242 e. The maximum Gasteiger partial charge on any atom is 0.242 e. The zero-order chi connectivity index (χ0) is 12.5. The highest BCUT2D eigenvalue weighted by molar-refractivity contribution is 5.98. The maximum atomic E-state index is 12.1. The van der Waals surface area contributed by atoms with Gasteiger partial charge < -0.3 is 15.8 Å². The molecule has 1 aromatic rings. The highest BCUT2D eigenvalue weighted by Gasteiger charge is 2.31. The summed E-state index contributed by atoms with van der Waals surface area (Å²) in [5, 5.41) is 2.91. The monoisotopic (exact) mass is 246 g/mol. The van der Waals surface area contributed by atoms with E-state index in [1.807, 2.05) is 6.07 Å². The molecule has 18 heavy (non-hydrogen) atoms. The molecule has 5 nitrogen and oxygen atoms in total. The average Bonchev–Trinajstić information content (AvgIpc) is 2.39. The third kappa shape index (κ3) is 2.07. The Bertz CT molecular complexity index is 469. The van der Waals surface area contributed by atoms with E-state index in [-0.39, 0.29) is 11.9 Å². The first kappa shape index (κ1) is 11.5. The van der Waals surface area contributed by atoms with Crippen molar-refractivity contribution in [3.05, 3.63) is 23.8 Å². The lowest BCUT2D eigenvalue weighted by Gasteiger charge is -2.36. The predicted molar refractivity (Wildman–Crippen MR) is 67.7 cm³/mol. The topological polar surface area (TPSA) is 65.4 Å². The first-order chi connectivity index (χ1) is 8.74. The first-order valence-electron chi connectivity index (χ1n) is 6.21. The van der Waals surface area contributed by atoms with E-state index in [2.05, 4.69) is 10.2 Å². The van der Waals surface area contributed by atoms with Crippen LogP contribution in [0.5, 0.6) is 0 Å². The summed E-state index contributed by atoms with van der Waals surface area (Å²) in [5.41, 5.74) is 9.90. The number of amides is 1. The molecule has 3 rings (SSSR count). The van der Waals surface area contributed by atoms with Gasteiger partial charge in [0, 0.05) is 18.8 Å². The number of ether oxygens (including phenoxy) is 1. The van der Waals surface area contributed by atoms with Gasteiger partial charge in [0.1, 0.15) is 0 Å². The van der Waals surface area contributed by atoms with Crippen molar-refractivity contribution < 1.29 is 9.53 Å². The predicted octanol–water partition coefficient (Wildman–Crippen LogP) is 0.796. The number of nitrogens with zero attached hydrogens (tertiary/aromatic N) is 1. The van der Waals surface area contributed by atoms with Crippen LogP contribution in [0.4, 0.5) is 11.4 Å². The van der Waals surface area contributed by atoms with Crippen LogP contribution in [-0.4, -0.2) is 43.2 Å². The van der Waals surface area contributed by atoms with E-state index in [9.17, 15) is 4.79 Å². The lowest BCUT2D eigenvalue weighted by molar-refractivity contribution is -0.123. The summed E-state index contributed by atoms with van der Waals surface area (Å²) in [4.78, 5) is 14.3. The Morgan fingerprint density at radius 1 is 1.33 bits per heavy atom. The summed E-state index contributed by atoms with van der Waals surface area (Å²) in [7, 11) is 0. The van der Waals surface area contributed by atoms with Crippen LogP contribution in [0.2, 0.25) is 0 Å². The normalized spacial score (nSPS) is 24.4. The molecule has 0 bridgehead atoms. The Morgan fingerprint density at radius 2 is 2.11 bits per heavy atom. The van der Waals surface area contributed by atoms with E-state index in [4.69, 9.17) is 10.5 Å². The molecule has 0 spiro atoms. The summed E-state index contributed by atoms with van der Waals surface area (Å²) in [6, 6.07) is 5.32. The largest absolute Gasteiger partial charge is 0.379 e. The van der Waals surface area contributed by atoms with E-state index in [0.29, 0.717) is 18.9 Å². The fourth-order valence-electron chi connectivity index (χ4n) is 2.57. The number of nitrogens with one attached hydrogen (secondary N) is 2. The van der Waals surface area contributed by atoms with Crippen LogP contribution in [0.25, 0.3) is 0 Å². The molecule has 1 amide bonds. The van der Waals surface area contributed by atoms with Crippen molar-refractivity contribution in [3.8, 4) is 0 Å². The molecular formula is C13H16N3O2. The molecule has 1 aromatic carbocycles. The van der Waals surface area contributed by atoms with Gasteiger partial charge in [-0.15, -0.1) is 0 Å². The molecule has 1 fully saturated rings. The first-order valence-corrected chi connectivity index (χ1v) is 6.21. The Hall–Kier alpha value is -1.59. The molecule has 2 aliphatic heterocycles. The van der Waals surface area contributed by atoms with Crippen molar-refractivity contribution in [3.63, 3.8) is 0 Å². The molecule has 0 saturated carbocycles. The van der Waals surface area contributed by atoms with Crippen LogP contribution in [0.3, 0.4) is 0 Å². The van der Waals surface area contributed by atoms with Gasteiger partial charge in [0.25, 0.3) is 0 Å². The average molecular weight is 246 g/mol. The third-order valence-corrected chi connectivity index (χ3v) is 3.57. The molecule has 1 atom stereocenters. The van der Waals surface area contributed by atoms with E-state index in [1.165, 1.54) is 0 Å². The second-order valence-electron chi connectivity index (χ2n) is 4.73. The van der Waals surface area contributed by atoms with Crippen LogP contribution in [-0.2, 0) is 16.0 Å². The van der Waals surface area contributed by atoms with Crippen molar-refractivity contribution in [1.82, 2.24) is 10.6 Å². The van der Waals surface area contributed by atoms with Gasteiger partial charge in [0.2, 0.25) is 5.91 Å². The Kier molecular flexibility index (Phi) is 2.93. The van der Waals surface area contributed by atoms with Crippen LogP contribution < -0.4 is 11.1 Å². The Morgan fingerprint density at radius 3 is 2.89 bits per heavy atom. The highest BCUT2D eigenvalue weighted by atomic mass is 16.5. The van der Waals surface area contributed by atoms with Gasteiger partial charge in [-0.25, -0.2) is 0 Å². The van der Waals surface area contributed by atoms with Crippen molar-refractivity contribution in [1.29, 1.82) is 0 Å². The minimum absolute atomic E-state index is 0.0370. The molecule has 5 heteroatoms. The molecule has 2 N–H and O–H groups in total. The highest BCUT2D eigenvalue weighted by Crippen LogP contribution is 2.27. The second-order valence-corrected chi connectivity index (χ2v) is 4.73. The van der Waals surface area contributed by atoms with Crippen LogP contribution in [0.1, 0.15) is 5.56 Å². The molecule has 0 aromatic heterocycles. The minimum Gasteiger partial charge on any atom is -0.379 e. The SMILES string of the molecule is [NH]c1ccc2c(c1)NC(=O)C(N1CCOCC1)C2. The summed E-state index contributed by atoms with van der Waals surface area (Å²) < 4.78 is 5.31. The molecular weight excluding hydrogens is 230 g/mol. The fraction of sp³-hybridized carbons (Fsp3) is 0.462. The van der Waals surface area contributed by atoms with E-state index < -0.39 is 0 Å². The van der Waals surface area contributed by atoms with Gasteiger partial charge in [-0.1, -0.05) is 6.07 Å². The van der Waals surface area contributed by atoms with Crippen molar-refractivity contribution >= 4 is 17.3 Å². The van der Waals surface area contributed by atoms with Crippen LogP contribution >= 0.6 is 0 Å². The molecule has 1 saturated heterocycles. The van der Waals surface area contributed by atoms with Gasteiger partial charge in [-0.2, -0.15) is 0 Å². The number of carbonyl (C=O) groups excluding carboxylic acids is 1. The standard InChI is InChI=1S/C13H16N3O2/c14-10-2-1-9-7-12(13(17)15-11(9)8-10)16-3-5-18-6-4-16/h1-2,8,12,14H,3-7H2,(H,15,17). The minimum atomic E-state index is -0.0991. The molecule has 0 aliphatic carbocycles. The number of morpholine rings is 1. The molecule has 95 valence electrons. The maximum absolute atomic E-state index is 12.1. The molecule has 2 heterocycles. The number of anilines is 1. The van der Waals surface area contributed by atoms with Crippen molar-refractivity contribution in [2.75, 3.05) is 31.6 Å². The third-order valence-electron chi connectivity index (χ3n) is 3.57. The quantitative estimate of drug-likeness (QED) is 0.797. The number of rotatable bonds is 1. The Balaban J connectivity index is 1.82. The van der Waals surface area contributed by atoms with Gasteiger partial charge in [-0.3, -0.25) is 9.69 Å². The van der Waals surface area contributed by atoms with Gasteiger partial charge in [-0.05, 0) is 24.1 Å². The lowest BCUT2D eigenvalue weighted by Crippen LogP contribution is -2.52. The number of hydrogen-bond acceptors (Lipinski definition) is 3. The number of carbonyl (C=O) groups is 1. The summed E-state index contributed by atoms with van der Waals surface area (Å²) in [6.07, 6.45) is 0.724. The number of benzene rings is 1. The van der Waals surface area contributed by atoms with E-state index in [1.54, 1.807) is 12.1 Å². The second kappa shape index (κ2) is 4.59. The van der Waals surface area contributed by atoms with Crippen molar-refractivity contribution in [2.24, 2.45) is 0 Å². The van der Waals surface area contributed by atoms with Gasteiger partial charge >= 0.3 is 0 Å². The fourth-order valence-corrected chi connectivity index (χ4v) is 2.57. The van der Waals surface area contributed by atoms with Crippen molar-refractivity contribution in [2.45, 2.75) is 12.5 Å². The summed E-state index contributed by atoms with van der Waals surface area (Å²) in [6.45, 7) is 3.01. The van der Waals surface area contributed by atoms with Crippen LogP contribution in [0.15, 0.2) is 18.2 Å². The van der Waals surface area contributed by atoms with Gasteiger partial charge in [0.05, 0.1) is 24.9 Å². The molecule has 1 unspecified atom stereocenters. The Labute approximate surface area is 106 Å². The zero-order valence-electron chi connectivity index (χ0n) is 10.1. The van der Waals surface area contributed by atoms with E-state index in [0.717, 1.165) is 30.8 Å². The summed E-state index contributed by atoms with van der Waals surface area (Å²) in [5.74, 6) is 0.0370. The summed E-state index contributed by atoms with van der Waals surface area (Å²) >= 11 is 0. The molecule has 1 radical (unpaired) electrons. The molecule has 2 aliphatic rings. The number of fused-ring (bicyclic) bond motifs is 1. The van der Waals surface area contributed by atoms with Gasteiger partial charge in [0.15, 0.2) is 0 Å². The van der Waals surface area contributed by atoms with E-state index >= 15 is 0 Å². The lowest BCUT2D eigenvalue weighted by atomic mass is 9.97. The number of hydrogen-bond donors (Lipinski definition) is 1. The zero-order valence-corrected chi connectivity index (χ0v) is 10.1. The van der Waals surface area contributed by atoms with Crippen LogP contribution in [0, 0.1) is 0 Å².